The van der Waals surface area contributed by atoms with E-state index in [0.29, 0.717) is 47.4 Å². The fourth-order valence-corrected chi connectivity index (χ4v) is 2.83. The maximum Gasteiger partial charge on any atom is 0.279 e. The Bertz CT molecular complexity index is 737. The first kappa shape index (κ1) is 18.1. The van der Waals surface area contributed by atoms with Crippen molar-refractivity contribution in [3.8, 4) is 17.2 Å². The molecule has 6 nitrogen and oxygen atoms in total. The molecule has 1 aromatic heterocycles. The number of thiazole rings is 1. The number of benzene rings is 1. The molecule has 0 N–H and O–H groups in total. The van der Waals surface area contributed by atoms with Crippen LogP contribution in [0.25, 0.3) is 0 Å². The summed E-state index contributed by atoms with van der Waals surface area (Å²) in [4.78, 5) is 17.3. The van der Waals surface area contributed by atoms with Gasteiger partial charge in [0.2, 0.25) is 5.75 Å². The van der Waals surface area contributed by atoms with Gasteiger partial charge in [0.15, 0.2) is 16.3 Å². The number of aryl methyl sites for hydroxylation is 1. The number of ether oxygens (including phenoxy) is 3. The summed E-state index contributed by atoms with van der Waals surface area (Å²) >= 11 is 1.40. The maximum atomic E-state index is 12.5. The lowest BCUT2D eigenvalue weighted by Crippen LogP contribution is -2.13. The summed E-state index contributed by atoms with van der Waals surface area (Å²) in [6.45, 7) is 7.03. The van der Waals surface area contributed by atoms with Crippen LogP contribution < -0.4 is 19.0 Å². The number of carbonyl (C=O) groups excluding carboxylic acids is 1. The summed E-state index contributed by atoms with van der Waals surface area (Å²) < 4.78 is 18.7. The SMILES string of the molecule is CCOc1cc(C(=O)N=c2sccn2C)cc(OCC)c1OCC. The number of hydrogen-bond donors (Lipinski definition) is 0. The second-order valence-electron chi connectivity index (χ2n) is 4.81. The van der Waals surface area contributed by atoms with E-state index in [2.05, 4.69) is 4.99 Å². The van der Waals surface area contributed by atoms with Crippen molar-refractivity contribution in [1.82, 2.24) is 4.57 Å². The Balaban J connectivity index is 2.50. The van der Waals surface area contributed by atoms with Crippen LogP contribution in [0.1, 0.15) is 31.1 Å². The molecule has 2 rings (SSSR count). The average Bonchev–Trinajstić information content (AvgIpc) is 2.95. The van der Waals surface area contributed by atoms with Gasteiger partial charge in [0, 0.05) is 24.2 Å². The minimum Gasteiger partial charge on any atom is -0.490 e. The highest BCUT2D eigenvalue weighted by atomic mass is 32.1. The Morgan fingerprint density at radius 2 is 1.67 bits per heavy atom. The first-order valence-corrected chi connectivity index (χ1v) is 8.74. The van der Waals surface area contributed by atoms with E-state index in [-0.39, 0.29) is 5.91 Å². The standard InChI is InChI=1S/C17H22N2O4S/c1-5-21-13-10-12(11-14(22-6-2)15(13)23-7-3)16(20)18-17-19(4)8-9-24-17/h8-11H,5-7H2,1-4H3. The summed E-state index contributed by atoms with van der Waals surface area (Å²) in [5, 5.41) is 1.88. The quantitative estimate of drug-likeness (QED) is 0.770. The van der Waals surface area contributed by atoms with Crippen LogP contribution in [0.2, 0.25) is 0 Å². The fraction of sp³-hybridized carbons (Fsp3) is 0.412. The van der Waals surface area contributed by atoms with Gasteiger partial charge in [0.25, 0.3) is 5.91 Å². The number of aromatic nitrogens is 1. The molecule has 0 unspecified atom stereocenters. The molecule has 0 fully saturated rings. The first-order chi connectivity index (χ1) is 11.6. The smallest absolute Gasteiger partial charge is 0.279 e. The molecule has 0 spiro atoms. The van der Waals surface area contributed by atoms with Crippen LogP contribution in [0.4, 0.5) is 0 Å². The highest BCUT2D eigenvalue weighted by Crippen LogP contribution is 2.39. The van der Waals surface area contributed by atoms with Crippen LogP contribution in [0.5, 0.6) is 17.2 Å². The van der Waals surface area contributed by atoms with E-state index >= 15 is 0 Å². The summed E-state index contributed by atoms with van der Waals surface area (Å²) in [6.07, 6.45) is 1.85. The largest absolute Gasteiger partial charge is 0.490 e. The normalized spacial score (nSPS) is 11.4. The van der Waals surface area contributed by atoms with Gasteiger partial charge >= 0.3 is 0 Å². The first-order valence-electron chi connectivity index (χ1n) is 7.86. The van der Waals surface area contributed by atoms with Crippen molar-refractivity contribution in [3.63, 3.8) is 0 Å². The minimum absolute atomic E-state index is 0.349. The second-order valence-corrected chi connectivity index (χ2v) is 5.69. The zero-order chi connectivity index (χ0) is 17.5. The molecule has 0 atom stereocenters. The molecule has 7 heteroatoms. The maximum absolute atomic E-state index is 12.5. The van der Waals surface area contributed by atoms with E-state index in [0.717, 1.165) is 0 Å². The summed E-state index contributed by atoms with van der Waals surface area (Å²) in [6, 6.07) is 3.30. The number of carbonyl (C=O) groups is 1. The van der Waals surface area contributed by atoms with Gasteiger partial charge in [-0.1, -0.05) is 0 Å². The molecular formula is C17H22N2O4S. The molecule has 0 saturated heterocycles. The highest BCUT2D eigenvalue weighted by molar-refractivity contribution is 7.07. The average molecular weight is 350 g/mol. The molecule has 0 aliphatic heterocycles. The molecule has 1 amide bonds. The third-order valence-corrected chi connectivity index (χ3v) is 3.96. The lowest BCUT2D eigenvalue weighted by Gasteiger charge is -2.16. The van der Waals surface area contributed by atoms with Crippen molar-refractivity contribution < 1.29 is 19.0 Å². The third-order valence-electron chi connectivity index (χ3n) is 3.11. The molecular weight excluding hydrogens is 328 g/mol. The highest BCUT2D eigenvalue weighted by Gasteiger charge is 2.18. The third kappa shape index (κ3) is 4.17. The van der Waals surface area contributed by atoms with Gasteiger partial charge in [0.1, 0.15) is 0 Å². The fourth-order valence-electron chi connectivity index (χ4n) is 2.10. The van der Waals surface area contributed by atoms with Gasteiger partial charge in [-0.25, -0.2) is 0 Å². The predicted molar refractivity (Wildman–Crippen MR) is 93.1 cm³/mol. The molecule has 0 aliphatic carbocycles. The molecule has 130 valence electrons. The lowest BCUT2D eigenvalue weighted by atomic mass is 10.1. The second kappa shape index (κ2) is 8.54. The zero-order valence-electron chi connectivity index (χ0n) is 14.4. The van der Waals surface area contributed by atoms with Gasteiger partial charge < -0.3 is 18.8 Å². The molecule has 0 saturated carbocycles. The van der Waals surface area contributed by atoms with Gasteiger partial charge in [-0.2, -0.15) is 4.99 Å². The van der Waals surface area contributed by atoms with E-state index in [1.54, 1.807) is 16.7 Å². The Morgan fingerprint density at radius 3 is 2.12 bits per heavy atom. The zero-order valence-corrected chi connectivity index (χ0v) is 15.2. The predicted octanol–water partition coefficient (Wildman–Crippen LogP) is 3.02. The molecule has 2 aromatic rings. The topological polar surface area (TPSA) is 62.0 Å². The summed E-state index contributed by atoms with van der Waals surface area (Å²) in [7, 11) is 1.85. The molecule has 0 aliphatic rings. The molecule has 1 aromatic carbocycles. The van der Waals surface area contributed by atoms with E-state index in [9.17, 15) is 4.79 Å². The minimum atomic E-state index is -0.349. The van der Waals surface area contributed by atoms with Gasteiger partial charge in [-0.15, -0.1) is 11.3 Å². The van der Waals surface area contributed by atoms with Crippen LogP contribution in [-0.2, 0) is 7.05 Å². The van der Waals surface area contributed by atoms with Crippen molar-refractivity contribution in [1.29, 1.82) is 0 Å². The summed E-state index contributed by atoms with van der Waals surface area (Å²) in [5.41, 5.74) is 0.402. The molecule has 1 heterocycles. The van der Waals surface area contributed by atoms with E-state index in [4.69, 9.17) is 14.2 Å². The van der Waals surface area contributed by atoms with Crippen molar-refractivity contribution in [3.05, 3.63) is 34.1 Å². The number of rotatable bonds is 7. The lowest BCUT2D eigenvalue weighted by molar-refractivity contribution is 0.0996. The number of nitrogens with zero attached hydrogens (tertiary/aromatic N) is 2. The van der Waals surface area contributed by atoms with Crippen molar-refractivity contribution in [2.75, 3.05) is 19.8 Å². The van der Waals surface area contributed by atoms with Gasteiger partial charge in [-0.05, 0) is 32.9 Å². The van der Waals surface area contributed by atoms with Crippen LogP contribution >= 0.6 is 11.3 Å². The van der Waals surface area contributed by atoms with E-state index in [1.807, 2.05) is 39.4 Å². The van der Waals surface area contributed by atoms with Crippen LogP contribution in [-0.4, -0.2) is 30.3 Å². The van der Waals surface area contributed by atoms with Crippen LogP contribution in [0, 0.1) is 0 Å². The monoisotopic (exact) mass is 350 g/mol. The molecule has 24 heavy (non-hydrogen) atoms. The van der Waals surface area contributed by atoms with E-state index < -0.39 is 0 Å². The Labute approximate surface area is 145 Å². The van der Waals surface area contributed by atoms with Gasteiger partial charge in [-0.3, -0.25) is 4.79 Å². The van der Waals surface area contributed by atoms with Crippen molar-refractivity contribution in [2.24, 2.45) is 12.0 Å². The van der Waals surface area contributed by atoms with Crippen molar-refractivity contribution in [2.45, 2.75) is 20.8 Å². The summed E-state index contributed by atoms with van der Waals surface area (Å²) in [5.74, 6) is 1.14. The Morgan fingerprint density at radius 1 is 1.08 bits per heavy atom. The van der Waals surface area contributed by atoms with Crippen LogP contribution in [0.15, 0.2) is 28.7 Å². The van der Waals surface area contributed by atoms with E-state index in [1.165, 1.54) is 11.3 Å². The van der Waals surface area contributed by atoms with Crippen LogP contribution in [0.3, 0.4) is 0 Å². The molecule has 0 radical (unpaired) electrons. The number of amides is 1. The Kier molecular flexibility index (Phi) is 6.43. The number of hydrogen-bond acceptors (Lipinski definition) is 5. The van der Waals surface area contributed by atoms with Gasteiger partial charge in [0.05, 0.1) is 19.8 Å². The van der Waals surface area contributed by atoms with Crippen molar-refractivity contribution >= 4 is 17.2 Å². The molecule has 0 bridgehead atoms. The Hall–Kier alpha value is -2.28.